The molecule has 3 rings (SSSR count). The van der Waals surface area contributed by atoms with Crippen LogP contribution in [0.25, 0.3) is 11.1 Å². The van der Waals surface area contributed by atoms with Crippen LogP contribution in [0.1, 0.15) is 12.0 Å². The lowest BCUT2D eigenvalue weighted by molar-refractivity contribution is -0.121. The Bertz CT molecular complexity index is 900. The Morgan fingerprint density at radius 2 is 1.96 bits per heavy atom. The Labute approximate surface area is 143 Å². The Morgan fingerprint density at radius 1 is 1.17 bits per heavy atom. The van der Waals surface area contributed by atoms with Gasteiger partial charge in [0.1, 0.15) is 6.54 Å². The van der Waals surface area contributed by atoms with Crippen LogP contribution in [0.4, 0.5) is 0 Å². The van der Waals surface area contributed by atoms with Gasteiger partial charge in [-0.05, 0) is 30.5 Å². The van der Waals surface area contributed by atoms with Crippen LogP contribution in [0.2, 0.25) is 5.02 Å². The smallest absolute Gasteiger partial charge is 0.408 e. The van der Waals surface area contributed by atoms with Crippen LogP contribution < -0.4 is 11.1 Å². The fourth-order valence-corrected chi connectivity index (χ4v) is 2.72. The van der Waals surface area contributed by atoms with Crippen molar-refractivity contribution in [2.75, 3.05) is 6.54 Å². The molecule has 1 N–H and O–H groups in total. The molecule has 0 radical (unpaired) electrons. The molecular formula is C18H17ClN2O3. The highest BCUT2D eigenvalue weighted by atomic mass is 35.5. The summed E-state index contributed by atoms with van der Waals surface area (Å²) < 4.78 is 6.41. The Balaban J connectivity index is 1.55. The number of amides is 1. The second-order valence-corrected chi connectivity index (χ2v) is 5.94. The van der Waals surface area contributed by atoms with Crippen LogP contribution in [-0.4, -0.2) is 17.0 Å². The summed E-state index contributed by atoms with van der Waals surface area (Å²) in [4.78, 5) is 23.9. The zero-order valence-electron chi connectivity index (χ0n) is 13.0. The molecule has 2 aromatic carbocycles. The van der Waals surface area contributed by atoms with E-state index in [-0.39, 0.29) is 12.5 Å². The second kappa shape index (κ2) is 7.36. The number of benzene rings is 2. The number of hydrogen-bond acceptors (Lipinski definition) is 3. The van der Waals surface area contributed by atoms with Crippen molar-refractivity contribution in [3.63, 3.8) is 0 Å². The number of rotatable bonds is 6. The minimum Gasteiger partial charge on any atom is -0.408 e. The number of nitrogens with one attached hydrogen (secondary N) is 1. The maximum Gasteiger partial charge on any atom is 0.420 e. The molecule has 3 aromatic rings. The summed E-state index contributed by atoms with van der Waals surface area (Å²) in [6.45, 7) is 0.489. The first-order valence-electron chi connectivity index (χ1n) is 7.73. The summed E-state index contributed by atoms with van der Waals surface area (Å²) in [5.74, 6) is -0.783. The van der Waals surface area contributed by atoms with Gasteiger partial charge in [-0.3, -0.25) is 9.36 Å². The molecule has 0 atom stereocenters. The maximum absolute atomic E-state index is 12.0. The standard InChI is InChI=1S/C18H17ClN2O3/c19-14-8-9-15-16(11-14)24-18(23)21(15)12-17(22)20-10-4-7-13-5-2-1-3-6-13/h1-3,5-6,8-9,11H,4,7,10,12H2,(H,20,22). The van der Waals surface area contributed by atoms with Crippen LogP contribution in [0.3, 0.4) is 0 Å². The zero-order chi connectivity index (χ0) is 16.9. The summed E-state index contributed by atoms with van der Waals surface area (Å²) in [5.41, 5.74) is 2.17. The predicted molar refractivity (Wildman–Crippen MR) is 93.3 cm³/mol. The van der Waals surface area contributed by atoms with Gasteiger partial charge in [0.15, 0.2) is 5.58 Å². The minimum atomic E-state index is -0.563. The van der Waals surface area contributed by atoms with Gasteiger partial charge < -0.3 is 9.73 Å². The molecule has 0 saturated heterocycles. The van der Waals surface area contributed by atoms with Crippen molar-refractivity contribution in [3.05, 3.63) is 69.7 Å². The fraction of sp³-hybridized carbons (Fsp3) is 0.222. The molecule has 0 bridgehead atoms. The van der Waals surface area contributed by atoms with Gasteiger partial charge in [-0.1, -0.05) is 41.9 Å². The summed E-state index contributed by atoms with van der Waals surface area (Å²) in [7, 11) is 0. The lowest BCUT2D eigenvalue weighted by Gasteiger charge is -2.06. The van der Waals surface area contributed by atoms with E-state index >= 15 is 0 Å². The van der Waals surface area contributed by atoms with Gasteiger partial charge in [-0.25, -0.2) is 4.79 Å². The van der Waals surface area contributed by atoms with E-state index in [9.17, 15) is 9.59 Å². The highest BCUT2D eigenvalue weighted by Gasteiger charge is 2.12. The molecule has 24 heavy (non-hydrogen) atoms. The zero-order valence-corrected chi connectivity index (χ0v) is 13.8. The van der Waals surface area contributed by atoms with Crippen LogP contribution in [0.15, 0.2) is 57.7 Å². The molecule has 5 nitrogen and oxygen atoms in total. The average molecular weight is 345 g/mol. The molecule has 1 heterocycles. The number of aromatic nitrogens is 1. The van der Waals surface area contributed by atoms with E-state index in [1.807, 2.05) is 18.2 Å². The van der Waals surface area contributed by atoms with Gasteiger partial charge in [0, 0.05) is 17.6 Å². The van der Waals surface area contributed by atoms with Crippen molar-refractivity contribution >= 4 is 28.6 Å². The van der Waals surface area contributed by atoms with Crippen LogP contribution in [-0.2, 0) is 17.8 Å². The van der Waals surface area contributed by atoms with Crippen molar-refractivity contribution in [1.29, 1.82) is 0 Å². The number of carbonyl (C=O) groups excluding carboxylic acids is 1. The number of carbonyl (C=O) groups is 1. The number of aryl methyl sites for hydroxylation is 1. The number of nitrogens with zero attached hydrogens (tertiary/aromatic N) is 1. The molecule has 6 heteroatoms. The summed E-state index contributed by atoms with van der Waals surface area (Å²) >= 11 is 5.87. The van der Waals surface area contributed by atoms with E-state index in [2.05, 4.69) is 17.4 Å². The molecule has 0 fully saturated rings. The van der Waals surface area contributed by atoms with Crippen molar-refractivity contribution in [1.82, 2.24) is 9.88 Å². The fourth-order valence-electron chi connectivity index (χ4n) is 2.55. The van der Waals surface area contributed by atoms with Crippen molar-refractivity contribution in [3.8, 4) is 0 Å². The van der Waals surface area contributed by atoms with Gasteiger partial charge in [0.2, 0.25) is 5.91 Å². The average Bonchev–Trinajstić information content (AvgIpc) is 2.87. The number of oxazole rings is 1. The van der Waals surface area contributed by atoms with E-state index in [1.165, 1.54) is 10.1 Å². The molecule has 0 unspecified atom stereocenters. The van der Waals surface area contributed by atoms with Crippen molar-refractivity contribution < 1.29 is 9.21 Å². The van der Waals surface area contributed by atoms with Crippen LogP contribution in [0.5, 0.6) is 0 Å². The number of fused-ring (bicyclic) bond motifs is 1. The first kappa shape index (κ1) is 16.3. The quantitative estimate of drug-likeness (QED) is 0.699. The predicted octanol–water partition coefficient (Wildman–Crippen LogP) is 3.00. The summed E-state index contributed by atoms with van der Waals surface area (Å²) in [5, 5.41) is 3.31. The Hall–Kier alpha value is -2.53. The normalized spacial score (nSPS) is 10.9. The van der Waals surface area contributed by atoms with E-state index in [0.717, 1.165) is 12.8 Å². The molecule has 0 aliphatic rings. The summed E-state index contributed by atoms with van der Waals surface area (Å²) in [6.07, 6.45) is 1.74. The van der Waals surface area contributed by atoms with Crippen molar-refractivity contribution in [2.24, 2.45) is 0 Å². The second-order valence-electron chi connectivity index (χ2n) is 5.51. The van der Waals surface area contributed by atoms with Crippen LogP contribution >= 0.6 is 11.6 Å². The SMILES string of the molecule is O=C(Cn1c(=O)oc2cc(Cl)ccc21)NCCCc1ccccc1. The van der Waals surface area contributed by atoms with Gasteiger partial charge in [-0.2, -0.15) is 0 Å². The Kier molecular flexibility index (Phi) is 5.01. The highest BCUT2D eigenvalue weighted by molar-refractivity contribution is 6.31. The van der Waals surface area contributed by atoms with Gasteiger partial charge >= 0.3 is 5.76 Å². The molecule has 0 aliphatic heterocycles. The molecular weight excluding hydrogens is 328 g/mol. The van der Waals surface area contributed by atoms with Gasteiger partial charge in [0.05, 0.1) is 5.52 Å². The minimum absolute atomic E-state index is 0.0706. The molecule has 0 aliphatic carbocycles. The molecule has 0 spiro atoms. The van der Waals surface area contributed by atoms with E-state index in [1.54, 1.807) is 18.2 Å². The van der Waals surface area contributed by atoms with E-state index in [0.29, 0.717) is 22.7 Å². The summed E-state index contributed by atoms with van der Waals surface area (Å²) in [6, 6.07) is 15.0. The van der Waals surface area contributed by atoms with Gasteiger partial charge in [-0.15, -0.1) is 0 Å². The van der Waals surface area contributed by atoms with Crippen LogP contribution in [0, 0.1) is 0 Å². The maximum atomic E-state index is 12.0. The molecule has 124 valence electrons. The first-order valence-corrected chi connectivity index (χ1v) is 8.11. The monoisotopic (exact) mass is 344 g/mol. The lowest BCUT2D eigenvalue weighted by atomic mass is 10.1. The van der Waals surface area contributed by atoms with E-state index in [4.69, 9.17) is 16.0 Å². The molecule has 0 saturated carbocycles. The molecule has 1 amide bonds. The van der Waals surface area contributed by atoms with E-state index < -0.39 is 5.76 Å². The first-order chi connectivity index (χ1) is 11.6. The largest absolute Gasteiger partial charge is 0.420 e. The third kappa shape index (κ3) is 3.86. The number of halogens is 1. The highest BCUT2D eigenvalue weighted by Crippen LogP contribution is 2.18. The van der Waals surface area contributed by atoms with Crippen molar-refractivity contribution in [2.45, 2.75) is 19.4 Å². The number of hydrogen-bond donors (Lipinski definition) is 1. The topological polar surface area (TPSA) is 64.2 Å². The Morgan fingerprint density at radius 3 is 2.75 bits per heavy atom. The van der Waals surface area contributed by atoms with Gasteiger partial charge in [0.25, 0.3) is 0 Å². The lowest BCUT2D eigenvalue weighted by Crippen LogP contribution is -2.31. The third-order valence-electron chi connectivity index (χ3n) is 3.74. The molecule has 1 aromatic heterocycles. The third-order valence-corrected chi connectivity index (χ3v) is 3.97.